The van der Waals surface area contributed by atoms with E-state index in [1.165, 1.54) is 17.6 Å². The molecule has 2 amide bonds. The molecule has 9 heteroatoms. The van der Waals surface area contributed by atoms with Gasteiger partial charge < -0.3 is 20.1 Å². The summed E-state index contributed by atoms with van der Waals surface area (Å²) < 4.78 is 12.6. The van der Waals surface area contributed by atoms with Crippen molar-refractivity contribution in [3.05, 3.63) is 93.5 Å². The molecule has 4 aromatic rings. The maximum absolute atomic E-state index is 12.6. The standard InChI is InChI=1S/C24H21ClN4O4/c1-15-9-10-29-22(11-15)26-17(13-23(29)30)14-33-21-6-4-3-5-18(21)27-24(31)28-19-12-16(25)7-8-20(19)32-2/h3-13H,14H2,1-2H3,(H2,27,28,31). The molecule has 0 aliphatic carbocycles. The monoisotopic (exact) mass is 464 g/mol. The predicted octanol–water partition coefficient (Wildman–Crippen LogP) is 4.89. The minimum atomic E-state index is -0.496. The molecule has 0 aliphatic heterocycles. The largest absolute Gasteiger partial charge is 0.495 e. The van der Waals surface area contributed by atoms with Crippen LogP contribution in [0.2, 0.25) is 5.02 Å². The molecule has 0 radical (unpaired) electrons. The van der Waals surface area contributed by atoms with Crippen molar-refractivity contribution in [1.82, 2.24) is 9.38 Å². The number of para-hydroxylation sites is 2. The summed E-state index contributed by atoms with van der Waals surface area (Å²) in [4.78, 5) is 29.4. The molecular weight excluding hydrogens is 444 g/mol. The zero-order chi connectivity index (χ0) is 23.4. The summed E-state index contributed by atoms with van der Waals surface area (Å²) in [5.41, 5.74) is 2.70. The predicted molar refractivity (Wildman–Crippen MR) is 128 cm³/mol. The number of fused-ring (bicyclic) bond motifs is 1. The number of amides is 2. The summed E-state index contributed by atoms with van der Waals surface area (Å²) in [6, 6.07) is 16.5. The van der Waals surface area contributed by atoms with Crippen molar-refractivity contribution >= 4 is 34.7 Å². The van der Waals surface area contributed by atoms with E-state index in [0.29, 0.717) is 39.2 Å². The van der Waals surface area contributed by atoms with E-state index in [1.807, 2.05) is 19.1 Å². The lowest BCUT2D eigenvalue weighted by Crippen LogP contribution is -2.20. The van der Waals surface area contributed by atoms with Gasteiger partial charge in [0.25, 0.3) is 5.56 Å². The Bertz CT molecular complexity index is 1390. The number of carbonyl (C=O) groups is 1. The molecule has 8 nitrogen and oxygen atoms in total. The van der Waals surface area contributed by atoms with Gasteiger partial charge in [-0.15, -0.1) is 0 Å². The lowest BCUT2D eigenvalue weighted by molar-refractivity contribution is 0.261. The van der Waals surface area contributed by atoms with E-state index in [1.54, 1.807) is 48.7 Å². The second-order valence-electron chi connectivity index (χ2n) is 7.23. The highest BCUT2D eigenvalue weighted by Crippen LogP contribution is 2.29. The van der Waals surface area contributed by atoms with Gasteiger partial charge in [0, 0.05) is 17.3 Å². The van der Waals surface area contributed by atoms with Crippen molar-refractivity contribution < 1.29 is 14.3 Å². The Labute approximate surface area is 194 Å². The molecule has 33 heavy (non-hydrogen) atoms. The molecule has 0 saturated carbocycles. The van der Waals surface area contributed by atoms with Crippen molar-refractivity contribution in [3.8, 4) is 11.5 Å². The second-order valence-corrected chi connectivity index (χ2v) is 7.66. The van der Waals surface area contributed by atoms with Gasteiger partial charge in [-0.05, 0) is 55.0 Å². The lowest BCUT2D eigenvalue weighted by atomic mass is 10.3. The van der Waals surface area contributed by atoms with Gasteiger partial charge in [0.15, 0.2) is 0 Å². The van der Waals surface area contributed by atoms with E-state index in [4.69, 9.17) is 21.1 Å². The van der Waals surface area contributed by atoms with Crippen LogP contribution in [0.5, 0.6) is 11.5 Å². The first-order valence-corrected chi connectivity index (χ1v) is 10.4. The number of methoxy groups -OCH3 is 1. The van der Waals surface area contributed by atoms with Gasteiger partial charge in [-0.25, -0.2) is 9.78 Å². The first-order valence-electron chi connectivity index (χ1n) is 10.1. The number of nitrogens with one attached hydrogen (secondary N) is 2. The fourth-order valence-corrected chi connectivity index (χ4v) is 3.40. The number of hydrogen-bond donors (Lipinski definition) is 2. The summed E-state index contributed by atoms with van der Waals surface area (Å²) >= 11 is 6.02. The zero-order valence-corrected chi connectivity index (χ0v) is 18.7. The Hall–Kier alpha value is -4.04. The minimum absolute atomic E-state index is 0.0576. The number of urea groups is 1. The van der Waals surface area contributed by atoms with Crippen LogP contribution in [-0.2, 0) is 6.61 Å². The Morgan fingerprint density at radius 1 is 1.03 bits per heavy atom. The van der Waals surface area contributed by atoms with Crippen LogP contribution in [-0.4, -0.2) is 22.5 Å². The number of carbonyl (C=O) groups excluding carboxylic acids is 1. The van der Waals surface area contributed by atoms with E-state index < -0.39 is 6.03 Å². The van der Waals surface area contributed by atoms with Gasteiger partial charge in [0.2, 0.25) is 0 Å². The molecule has 0 spiro atoms. The van der Waals surface area contributed by atoms with Crippen LogP contribution in [0, 0.1) is 6.92 Å². The second kappa shape index (κ2) is 9.62. The molecule has 0 bridgehead atoms. The fraction of sp³-hybridized carbons (Fsp3) is 0.125. The molecule has 2 N–H and O–H groups in total. The third-order valence-corrected chi connectivity index (χ3v) is 5.03. The summed E-state index contributed by atoms with van der Waals surface area (Å²) in [5.74, 6) is 0.903. The molecule has 0 atom stereocenters. The Morgan fingerprint density at radius 2 is 1.82 bits per heavy atom. The number of anilines is 2. The Balaban J connectivity index is 1.49. The molecule has 0 saturated heterocycles. The van der Waals surface area contributed by atoms with E-state index in [2.05, 4.69) is 15.6 Å². The number of ether oxygens (including phenoxy) is 2. The van der Waals surface area contributed by atoms with Gasteiger partial charge in [-0.3, -0.25) is 9.20 Å². The van der Waals surface area contributed by atoms with Gasteiger partial charge in [-0.1, -0.05) is 23.7 Å². The van der Waals surface area contributed by atoms with Crippen LogP contribution >= 0.6 is 11.6 Å². The maximum Gasteiger partial charge on any atom is 0.323 e. The number of pyridine rings is 1. The highest BCUT2D eigenvalue weighted by molar-refractivity contribution is 6.31. The van der Waals surface area contributed by atoms with Crippen LogP contribution in [0.15, 0.2) is 71.7 Å². The topological polar surface area (TPSA) is 94.0 Å². The van der Waals surface area contributed by atoms with Gasteiger partial charge in [0.1, 0.15) is 23.8 Å². The van der Waals surface area contributed by atoms with Crippen LogP contribution in [0.25, 0.3) is 5.65 Å². The number of hydrogen-bond acceptors (Lipinski definition) is 5. The van der Waals surface area contributed by atoms with Gasteiger partial charge in [0.05, 0.1) is 24.2 Å². The number of aryl methyl sites for hydroxylation is 1. The lowest BCUT2D eigenvalue weighted by Gasteiger charge is -2.14. The molecule has 2 heterocycles. The number of halogens is 1. The summed E-state index contributed by atoms with van der Waals surface area (Å²) in [6.07, 6.45) is 1.69. The summed E-state index contributed by atoms with van der Waals surface area (Å²) in [6.45, 7) is 1.99. The average molecular weight is 465 g/mol. The van der Waals surface area contributed by atoms with Crippen molar-refractivity contribution in [2.45, 2.75) is 13.5 Å². The smallest absolute Gasteiger partial charge is 0.323 e. The number of benzene rings is 2. The number of rotatable bonds is 6. The van der Waals surface area contributed by atoms with E-state index in [-0.39, 0.29) is 12.2 Å². The third-order valence-electron chi connectivity index (χ3n) is 4.80. The first kappa shape index (κ1) is 22.2. The van der Waals surface area contributed by atoms with E-state index in [0.717, 1.165) is 5.56 Å². The maximum atomic E-state index is 12.6. The third kappa shape index (κ3) is 5.24. The molecule has 0 fully saturated rings. The van der Waals surface area contributed by atoms with Crippen molar-refractivity contribution in [1.29, 1.82) is 0 Å². The van der Waals surface area contributed by atoms with Gasteiger partial charge in [-0.2, -0.15) is 0 Å². The average Bonchev–Trinajstić information content (AvgIpc) is 2.78. The van der Waals surface area contributed by atoms with E-state index >= 15 is 0 Å². The highest BCUT2D eigenvalue weighted by atomic mass is 35.5. The van der Waals surface area contributed by atoms with Gasteiger partial charge >= 0.3 is 6.03 Å². The van der Waals surface area contributed by atoms with Crippen LogP contribution in [0.3, 0.4) is 0 Å². The highest BCUT2D eigenvalue weighted by Gasteiger charge is 2.12. The summed E-state index contributed by atoms with van der Waals surface area (Å²) in [5, 5.41) is 5.93. The van der Waals surface area contributed by atoms with E-state index in [9.17, 15) is 9.59 Å². The normalized spacial score (nSPS) is 10.6. The molecular formula is C24H21ClN4O4. The summed E-state index contributed by atoms with van der Waals surface area (Å²) in [7, 11) is 1.50. The molecule has 2 aromatic carbocycles. The molecule has 0 unspecified atom stereocenters. The minimum Gasteiger partial charge on any atom is -0.495 e. The Kier molecular flexibility index (Phi) is 6.46. The van der Waals surface area contributed by atoms with Crippen molar-refractivity contribution in [2.24, 2.45) is 0 Å². The first-order chi connectivity index (χ1) is 15.9. The number of nitrogens with zero attached hydrogens (tertiary/aromatic N) is 2. The quantitative estimate of drug-likeness (QED) is 0.424. The molecule has 2 aromatic heterocycles. The van der Waals surface area contributed by atoms with Crippen LogP contribution in [0.1, 0.15) is 11.3 Å². The molecule has 4 rings (SSSR count). The SMILES string of the molecule is COc1ccc(Cl)cc1NC(=O)Nc1ccccc1OCc1cc(=O)n2ccc(C)cc2n1. The fourth-order valence-electron chi connectivity index (χ4n) is 3.23. The molecule has 0 aliphatic rings. The Morgan fingerprint density at radius 3 is 2.64 bits per heavy atom. The number of aromatic nitrogens is 2. The van der Waals surface area contributed by atoms with Crippen LogP contribution < -0.4 is 25.7 Å². The zero-order valence-electron chi connectivity index (χ0n) is 18.0. The van der Waals surface area contributed by atoms with Crippen molar-refractivity contribution in [2.75, 3.05) is 17.7 Å². The van der Waals surface area contributed by atoms with Crippen LogP contribution in [0.4, 0.5) is 16.2 Å². The van der Waals surface area contributed by atoms with Crippen molar-refractivity contribution in [3.63, 3.8) is 0 Å². The molecule has 168 valence electrons.